The number of unbranched alkanes of at least 4 members (excludes halogenated alkanes) is 1. The van der Waals surface area contributed by atoms with Crippen molar-refractivity contribution in [2.45, 2.75) is 64.7 Å². The maximum absolute atomic E-state index is 13.3. The minimum atomic E-state index is -0.433. The van der Waals surface area contributed by atoms with Gasteiger partial charge in [0.2, 0.25) is 11.8 Å². The fraction of sp³-hybridized carbons (Fsp3) is 0.478. The van der Waals surface area contributed by atoms with Crippen molar-refractivity contribution in [2.24, 2.45) is 0 Å². The van der Waals surface area contributed by atoms with E-state index in [2.05, 4.69) is 48.4 Å². The van der Waals surface area contributed by atoms with Crippen molar-refractivity contribution >= 4 is 11.6 Å². The number of aromatic nitrogens is 1. The number of amides is 1. The predicted molar refractivity (Wildman–Crippen MR) is 109 cm³/mol. The Balaban J connectivity index is 1.76. The molecule has 1 N–H and O–H groups in total. The summed E-state index contributed by atoms with van der Waals surface area (Å²) >= 11 is 0. The first-order valence-electron chi connectivity index (χ1n) is 10.0. The van der Waals surface area contributed by atoms with Crippen molar-refractivity contribution in [2.75, 3.05) is 11.9 Å². The van der Waals surface area contributed by atoms with Crippen molar-refractivity contribution in [3.63, 3.8) is 0 Å². The van der Waals surface area contributed by atoms with Crippen molar-refractivity contribution < 1.29 is 9.53 Å². The van der Waals surface area contributed by atoms with E-state index in [1.165, 1.54) is 5.56 Å². The second kappa shape index (κ2) is 8.55. The summed E-state index contributed by atoms with van der Waals surface area (Å²) in [5.41, 5.74) is 3.58. The van der Waals surface area contributed by atoms with Gasteiger partial charge in [0.1, 0.15) is 0 Å². The predicted octanol–water partition coefficient (Wildman–Crippen LogP) is 5.33. The molecule has 0 unspecified atom stereocenters. The molecule has 0 radical (unpaired) electrons. The Morgan fingerprint density at radius 2 is 1.89 bits per heavy atom. The zero-order chi connectivity index (χ0) is 19.3. The van der Waals surface area contributed by atoms with Crippen LogP contribution in [0.15, 0.2) is 36.5 Å². The molecule has 1 aliphatic carbocycles. The summed E-state index contributed by atoms with van der Waals surface area (Å²) in [5, 5.41) is 3.12. The van der Waals surface area contributed by atoms with Gasteiger partial charge in [-0.15, -0.1) is 0 Å². The van der Waals surface area contributed by atoms with E-state index in [9.17, 15) is 4.79 Å². The van der Waals surface area contributed by atoms with Crippen molar-refractivity contribution in [1.29, 1.82) is 0 Å². The maximum atomic E-state index is 13.3. The van der Waals surface area contributed by atoms with Gasteiger partial charge in [-0.2, -0.15) is 0 Å². The van der Waals surface area contributed by atoms with Crippen LogP contribution in [0.4, 0.5) is 5.69 Å². The average molecular weight is 367 g/mol. The fourth-order valence-electron chi connectivity index (χ4n) is 3.84. The van der Waals surface area contributed by atoms with Crippen LogP contribution in [0, 0.1) is 13.8 Å². The van der Waals surface area contributed by atoms with Crippen molar-refractivity contribution in [3.8, 4) is 5.88 Å². The molecule has 1 saturated carbocycles. The number of aryl methyl sites for hydroxylation is 2. The number of nitrogens with zero attached hydrogens (tertiary/aromatic N) is 1. The molecule has 3 rings (SSSR count). The van der Waals surface area contributed by atoms with E-state index in [0.29, 0.717) is 12.5 Å². The highest BCUT2D eigenvalue weighted by molar-refractivity contribution is 5.99. The molecule has 4 heteroatoms. The third kappa shape index (κ3) is 4.32. The van der Waals surface area contributed by atoms with Gasteiger partial charge in [-0.25, -0.2) is 4.98 Å². The molecule has 0 atom stereocenters. The van der Waals surface area contributed by atoms with Crippen LogP contribution in [-0.4, -0.2) is 17.5 Å². The highest BCUT2D eigenvalue weighted by atomic mass is 16.5. The molecule has 0 aliphatic heterocycles. The van der Waals surface area contributed by atoms with Crippen LogP contribution in [0.5, 0.6) is 5.88 Å². The molecular formula is C23H30N2O2. The van der Waals surface area contributed by atoms with Gasteiger partial charge in [0, 0.05) is 5.56 Å². The second-order valence-corrected chi connectivity index (χ2v) is 7.66. The molecule has 1 aromatic carbocycles. The van der Waals surface area contributed by atoms with Crippen molar-refractivity contribution in [3.05, 3.63) is 53.2 Å². The largest absolute Gasteiger partial charge is 0.477 e. The van der Waals surface area contributed by atoms with Gasteiger partial charge in [-0.1, -0.05) is 56.0 Å². The Bertz CT molecular complexity index is 777. The van der Waals surface area contributed by atoms with E-state index in [-0.39, 0.29) is 5.91 Å². The second-order valence-electron chi connectivity index (χ2n) is 7.66. The van der Waals surface area contributed by atoms with E-state index in [0.717, 1.165) is 55.3 Å². The lowest BCUT2D eigenvalue weighted by Crippen LogP contribution is -2.38. The topological polar surface area (TPSA) is 51.2 Å². The molecule has 144 valence electrons. The summed E-state index contributed by atoms with van der Waals surface area (Å²) in [6.07, 6.45) is 7.77. The number of benzene rings is 1. The summed E-state index contributed by atoms with van der Waals surface area (Å²) in [5.74, 6) is 0.722. The molecule has 1 aromatic heterocycles. The number of hydrogen-bond acceptors (Lipinski definition) is 3. The molecule has 1 heterocycles. The van der Waals surface area contributed by atoms with Crippen LogP contribution in [-0.2, 0) is 10.2 Å². The van der Waals surface area contributed by atoms with Gasteiger partial charge < -0.3 is 10.1 Å². The van der Waals surface area contributed by atoms with E-state index in [1.807, 2.05) is 13.0 Å². The van der Waals surface area contributed by atoms with Gasteiger partial charge in [0.05, 0.1) is 23.9 Å². The van der Waals surface area contributed by atoms with Crippen LogP contribution < -0.4 is 10.1 Å². The Labute approximate surface area is 162 Å². The molecule has 4 nitrogen and oxygen atoms in total. The third-order valence-corrected chi connectivity index (χ3v) is 5.52. The minimum Gasteiger partial charge on any atom is -0.477 e. The van der Waals surface area contributed by atoms with Crippen LogP contribution in [0.1, 0.15) is 62.1 Å². The molecule has 27 heavy (non-hydrogen) atoms. The van der Waals surface area contributed by atoms with E-state index >= 15 is 0 Å². The Morgan fingerprint density at radius 3 is 2.52 bits per heavy atom. The van der Waals surface area contributed by atoms with Gasteiger partial charge >= 0.3 is 0 Å². The number of ether oxygens (including phenoxy) is 1. The highest BCUT2D eigenvalue weighted by Gasteiger charge is 2.42. The number of pyridine rings is 1. The molecule has 0 bridgehead atoms. The number of rotatable bonds is 7. The lowest BCUT2D eigenvalue weighted by Gasteiger charge is -2.28. The first kappa shape index (κ1) is 19.4. The van der Waals surface area contributed by atoms with E-state index in [1.54, 1.807) is 6.20 Å². The first-order chi connectivity index (χ1) is 13.0. The number of hydrogen-bond donors (Lipinski definition) is 1. The summed E-state index contributed by atoms with van der Waals surface area (Å²) in [6.45, 7) is 6.85. The van der Waals surface area contributed by atoms with Crippen molar-refractivity contribution in [1.82, 2.24) is 4.98 Å². The number of carbonyl (C=O) groups excluding carboxylic acids is 1. The minimum absolute atomic E-state index is 0.0738. The molecule has 1 fully saturated rings. The monoisotopic (exact) mass is 366 g/mol. The molecule has 0 saturated heterocycles. The van der Waals surface area contributed by atoms with E-state index in [4.69, 9.17) is 4.74 Å². The molecule has 2 aromatic rings. The Kier molecular flexibility index (Phi) is 6.15. The van der Waals surface area contributed by atoms with E-state index < -0.39 is 5.41 Å². The van der Waals surface area contributed by atoms with Gasteiger partial charge in [-0.3, -0.25) is 4.79 Å². The smallest absolute Gasteiger partial charge is 0.235 e. The normalized spacial score (nSPS) is 15.5. The number of anilines is 1. The maximum Gasteiger partial charge on any atom is 0.235 e. The lowest BCUT2D eigenvalue weighted by molar-refractivity contribution is -0.121. The zero-order valence-electron chi connectivity index (χ0n) is 16.7. The molecular weight excluding hydrogens is 336 g/mol. The molecule has 1 amide bonds. The Morgan fingerprint density at radius 1 is 1.19 bits per heavy atom. The third-order valence-electron chi connectivity index (χ3n) is 5.52. The standard InChI is InChI=1S/C23H30N2O2/c1-4-5-14-27-21-18(3)15-20(16-24-21)25-22(26)23(12-6-7-13-23)19-10-8-17(2)9-11-19/h8-11,15-16H,4-7,12-14H2,1-3H3,(H,25,26). The van der Waals surface area contributed by atoms with Gasteiger partial charge in [-0.05, 0) is 44.7 Å². The van der Waals surface area contributed by atoms with Crippen LogP contribution in [0.25, 0.3) is 0 Å². The van der Waals surface area contributed by atoms with Gasteiger partial charge in [0.25, 0.3) is 0 Å². The van der Waals surface area contributed by atoms with Crippen LogP contribution in [0.2, 0.25) is 0 Å². The van der Waals surface area contributed by atoms with Crippen LogP contribution >= 0.6 is 0 Å². The summed E-state index contributed by atoms with van der Waals surface area (Å²) < 4.78 is 5.71. The first-order valence-corrected chi connectivity index (χ1v) is 10.0. The summed E-state index contributed by atoms with van der Waals surface area (Å²) in [7, 11) is 0. The Hall–Kier alpha value is -2.36. The van der Waals surface area contributed by atoms with Gasteiger partial charge in [0.15, 0.2) is 0 Å². The summed E-state index contributed by atoms with van der Waals surface area (Å²) in [4.78, 5) is 17.7. The quantitative estimate of drug-likeness (QED) is 0.674. The highest BCUT2D eigenvalue weighted by Crippen LogP contribution is 2.42. The number of nitrogens with one attached hydrogen (secondary N) is 1. The molecule has 0 spiro atoms. The SMILES string of the molecule is CCCCOc1ncc(NC(=O)C2(c3ccc(C)cc3)CCCC2)cc1C. The summed E-state index contributed by atoms with van der Waals surface area (Å²) in [6, 6.07) is 10.3. The fourth-order valence-corrected chi connectivity index (χ4v) is 3.84. The lowest BCUT2D eigenvalue weighted by atomic mass is 9.77. The zero-order valence-corrected chi connectivity index (χ0v) is 16.7. The van der Waals surface area contributed by atoms with Crippen LogP contribution in [0.3, 0.4) is 0 Å². The average Bonchev–Trinajstić information content (AvgIpc) is 3.15. The molecule has 1 aliphatic rings. The number of carbonyl (C=O) groups is 1.